The zero-order chi connectivity index (χ0) is 20.6. The molecule has 1 aromatic carbocycles. The standard InChI is InChI=1S/C20H18F3N3O3/c21-20(22,23)10-8-17(27)15-6-7-16-18(24-15)26(13-9-11-25(16)12-13)19(28)29-14-4-2-1-3-5-14/h1-7,13H,8-12H2/t13-/m0/s1. The fourth-order valence-electron chi connectivity index (χ4n) is 3.62. The smallest absolute Gasteiger partial charge is 0.410 e. The van der Waals surface area contributed by atoms with Crippen molar-refractivity contribution in [1.29, 1.82) is 0 Å². The van der Waals surface area contributed by atoms with Crippen molar-refractivity contribution in [3.63, 3.8) is 0 Å². The monoisotopic (exact) mass is 405 g/mol. The minimum absolute atomic E-state index is 0.0898. The number of Topliss-reactive ketones (excluding diaryl/α,β-unsaturated/α-hetero) is 1. The van der Waals surface area contributed by atoms with E-state index in [2.05, 4.69) is 4.98 Å². The lowest BCUT2D eigenvalue weighted by Gasteiger charge is -2.35. The Balaban J connectivity index is 1.62. The molecule has 6 nitrogen and oxygen atoms in total. The van der Waals surface area contributed by atoms with Gasteiger partial charge in [-0.2, -0.15) is 13.2 Å². The molecule has 2 bridgehead atoms. The van der Waals surface area contributed by atoms with Gasteiger partial charge >= 0.3 is 12.3 Å². The van der Waals surface area contributed by atoms with E-state index < -0.39 is 30.9 Å². The Kier molecular flexibility index (Phi) is 4.89. The van der Waals surface area contributed by atoms with Gasteiger partial charge in [0.2, 0.25) is 0 Å². The summed E-state index contributed by atoms with van der Waals surface area (Å²) < 4.78 is 42.8. The zero-order valence-corrected chi connectivity index (χ0v) is 15.4. The maximum Gasteiger partial charge on any atom is 0.421 e. The number of pyridine rings is 1. The van der Waals surface area contributed by atoms with Crippen LogP contribution in [0.3, 0.4) is 0 Å². The number of carbonyl (C=O) groups excluding carboxylic acids is 2. The highest BCUT2D eigenvalue weighted by Crippen LogP contribution is 2.39. The summed E-state index contributed by atoms with van der Waals surface area (Å²) in [4.78, 5) is 32.8. The molecule has 29 heavy (non-hydrogen) atoms. The lowest BCUT2D eigenvalue weighted by atomic mass is 10.1. The van der Waals surface area contributed by atoms with Crippen LogP contribution in [-0.4, -0.2) is 42.2 Å². The summed E-state index contributed by atoms with van der Waals surface area (Å²) in [5.74, 6) is -0.0937. The minimum atomic E-state index is -4.42. The van der Waals surface area contributed by atoms with E-state index in [0.717, 1.165) is 6.54 Å². The van der Waals surface area contributed by atoms with Crippen molar-refractivity contribution in [3.05, 3.63) is 48.2 Å². The summed E-state index contributed by atoms with van der Waals surface area (Å²) in [5, 5.41) is 0. The summed E-state index contributed by atoms with van der Waals surface area (Å²) in [6, 6.07) is 11.4. The van der Waals surface area contributed by atoms with Crippen molar-refractivity contribution in [1.82, 2.24) is 4.98 Å². The van der Waals surface area contributed by atoms with Gasteiger partial charge in [0, 0.05) is 19.5 Å². The summed E-state index contributed by atoms with van der Waals surface area (Å²) >= 11 is 0. The van der Waals surface area contributed by atoms with Crippen molar-refractivity contribution in [2.24, 2.45) is 0 Å². The van der Waals surface area contributed by atoms with E-state index in [0.29, 0.717) is 24.4 Å². The van der Waals surface area contributed by atoms with Crippen LogP contribution in [0, 0.1) is 0 Å². The van der Waals surface area contributed by atoms with Crippen molar-refractivity contribution in [2.45, 2.75) is 31.5 Å². The molecule has 0 N–H and O–H groups in total. The van der Waals surface area contributed by atoms with Crippen molar-refractivity contribution < 1.29 is 27.5 Å². The SMILES string of the molecule is O=C(CCC(F)(F)F)c1ccc2c(n1)N(C(=O)Oc1ccccc1)[C@H]1CCN2C1. The molecule has 4 rings (SSSR count). The molecule has 1 aromatic heterocycles. The van der Waals surface area contributed by atoms with Gasteiger partial charge < -0.3 is 9.64 Å². The van der Waals surface area contributed by atoms with Crippen LogP contribution in [0.4, 0.5) is 29.5 Å². The van der Waals surface area contributed by atoms with E-state index in [4.69, 9.17) is 4.74 Å². The first-order valence-electron chi connectivity index (χ1n) is 9.24. The van der Waals surface area contributed by atoms with Crippen molar-refractivity contribution in [2.75, 3.05) is 22.9 Å². The van der Waals surface area contributed by atoms with Crippen LogP contribution in [0.25, 0.3) is 0 Å². The predicted molar refractivity (Wildman–Crippen MR) is 99.4 cm³/mol. The van der Waals surface area contributed by atoms with Gasteiger partial charge in [0.1, 0.15) is 11.4 Å². The van der Waals surface area contributed by atoms with Gasteiger partial charge in [-0.15, -0.1) is 0 Å². The molecule has 3 heterocycles. The lowest BCUT2D eigenvalue weighted by molar-refractivity contribution is -0.133. The zero-order valence-electron chi connectivity index (χ0n) is 15.4. The number of fused-ring (bicyclic) bond motifs is 4. The number of aromatic nitrogens is 1. The van der Waals surface area contributed by atoms with Crippen LogP contribution >= 0.6 is 0 Å². The van der Waals surface area contributed by atoms with Crippen LogP contribution in [0.1, 0.15) is 29.8 Å². The van der Waals surface area contributed by atoms with Crippen LogP contribution in [0.15, 0.2) is 42.5 Å². The number of amides is 1. The Labute approximate surface area is 164 Å². The van der Waals surface area contributed by atoms with Crippen molar-refractivity contribution in [3.8, 4) is 5.75 Å². The maximum absolute atomic E-state index is 12.9. The van der Waals surface area contributed by atoms with Gasteiger partial charge in [-0.3, -0.25) is 9.69 Å². The largest absolute Gasteiger partial charge is 0.421 e. The van der Waals surface area contributed by atoms with Crippen molar-refractivity contribution >= 4 is 23.4 Å². The van der Waals surface area contributed by atoms with Gasteiger partial charge in [0.25, 0.3) is 0 Å². The number of hydrogen-bond donors (Lipinski definition) is 0. The maximum atomic E-state index is 12.9. The molecule has 2 aromatic rings. The topological polar surface area (TPSA) is 62.7 Å². The van der Waals surface area contributed by atoms with Crippen LogP contribution in [-0.2, 0) is 0 Å². The number of anilines is 2. The Hall–Kier alpha value is -3.10. The average molecular weight is 405 g/mol. The quantitative estimate of drug-likeness (QED) is 0.714. The Morgan fingerprint density at radius 2 is 1.90 bits per heavy atom. The van der Waals surface area contributed by atoms with Gasteiger partial charge in [0.15, 0.2) is 11.6 Å². The van der Waals surface area contributed by atoms with E-state index in [1.165, 1.54) is 11.0 Å². The third-order valence-electron chi connectivity index (χ3n) is 5.02. The third kappa shape index (κ3) is 4.03. The second kappa shape index (κ2) is 7.38. The van der Waals surface area contributed by atoms with Gasteiger partial charge in [0.05, 0.1) is 18.2 Å². The number of ketones is 1. The molecule has 1 fully saturated rings. The molecule has 0 radical (unpaired) electrons. The number of benzene rings is 1. The number of nitrogens with zero attached hydrogens (tertiary/aromatic N) is 3. The Morgan fingerprint density at radius 1 is 1.14 bits per heavy atom. The normalized spacial score (nSPS) is 17.8. The highest BCUT2D eigenvalue weighted by molar-refractivity contribution is 5.98. The fourth-order valence-corrected chi connectivity index (χ4v) is 3.62. The summed E-state index contributed by atoms with van der Waals surface area (Å²) in [7, 11) is 0. The summed E-state index contributed by atoms with van der Waals surface area (Å²) in [6.07, 6.45) is -6.23. The molecule has 1 saturated heterocycles. The van der Waals surface area contributed by atoms with Gasteiger partial charge in [-0.25, -0.2) is 9.78 Å². The molecule has 2 aliphatic rings. The Bertz CT molecular complexity index is 934. The van der Waals surface area contributed by atoms with E-state index in [1.54, 1.807) is 36.4 Å². The number of para-hydroxylation sites is 1. The molecule has 0 unspecified atom stereocenters. The van der Waals surface area contributed by atoms with E-state index in [9.17, 15) is 22.8 Å². The number of alkyl halides is 3. The highest BCUT2D eigenvalue weighted by Gasteiger charge is 2.41. The number of halogens is 3. The first-order valence-corrected chi connectivity index (χ1v) is 9.24. The summed E-state index contributed by atoms with van der Waals surface area (Å²) in [6.45, 7) is 1.33. The van der Waals surface area contributed by atoms with E-state index in [1.807, 2.05) is 4.90 Å². The van der Waals surface area contributed by atoms with E-state index >= 15 is 0 Å². The second-order valence-corrected chi connectivity index (χ2v) is 7.02. The lowest BCUT2D eigenvalue weighted by Crippen LogP contribution is -2.47. The molecule has 1 atom stereocenters. The number of ether oxygens (including phenoxy) is 1. The fraction of sp³-hybridized carbons (Fsp3) is 0.350. The average Bonchev–Trinajstić information content (AvgIpc) is 3.10. The van der Waals surface area contributed by atoms with Gasteiger partial charge in [-0.05, 0) is 30.7 Å². The third-order valence-corrected chi connectivity index (χ3v) is 5.02. The molecule has 0 aliphatic carbocycles. The second-order valence-electron chi connectivity index (χ2n) is 7.02. The first-order chi connectivity index (χ1) is 13.8. The molecular formula is C20H18F3N3O3. The molecule has 0 saturated carbocycles. The number of carbonyl (C=O) groups is 2. The number of rotatable bonds is 4. The van der Waals surface area contributed by atoms with Crippen LogP contribution < -0.4 is 14.5 Å². The molecule has 2 aliphatic heterocycles. The van der Waals surface area contributed by atoms with E-state index in [-0.39, 0.29) is 17.6 Å². The summed E-state index contributed by atoms with van der Waals surface area (Å²) in [5.41, 5.74) is 0.573. The molecule has 152 valence electrons. The van der Waals surface area contributed by atoms with Gasteiger partial charge in [-0.1, -0.05) is 18.2 Å². The highest BCUT2D eigenvalue weighted by atomic mass is 19.4. The number of hydrogen-bond acceptors (Lipinski definition) is 5. The Morgan fingerprint density at radius 3 is 2.62 bits per heavy atom. The van der Waals surface area contributed by atoms with Crippen LogP contribution in [0.5, 0.6) is 5.75 Å². The molecular weight excluding hydrogens is 387 g/mol. The predicted octanol–water partition coefficient (Wildman–Crippen LogP) is 4.20. The minimum Gasteiger partial charge on any atom is -0.410 e. The first kappa shape index (κ1) is 19.2. The van der Waals surface area contributed by atoms with Crippen LogP contribution in [0.2, 0.25) is 0 Å². The molecule has 9 heteroatoms. The molecule has 1 amide bonds. The molecule has 0 spiro atoms.